The molecule has 20 heavy (non-hydrogen) atoms. The number of benzene rings is 1. The Labute approximate surface area is 128 Å². The molecule has 0 saturated heterocycles. The van der Waals surface area contributed by atoms with E-state index < -0.39 is 0 Å². The van der Waals surface area contributed by atoms with Crippen molar-refractivity contribution in [3.05, 3.63) is 32.3 Å². The Hall–Kier alpha value is -1.14. The third kappa shape index (κ3) is 4.18. The Morgan fingerprint density at radius 2 is 2.10 bits per heavy atom. The number of hydrogen-bond donors (Lipinski definition) is 2. The molecule has 0 amide bonds. The largest absolute Gasteiger partial charge is 0.378 e. The fourth-order valence-electron chi connectivity index (χ4n) is 2.38. The maximum absolute atomic E-state index is 10.9. The molecule has 6 heteroatoms. The topological polar surface area (TPSA) is 81.2 Å². The van der Waals surface area contributed by atoms with Gasteiger partial charge in [-0.1, -0.05) is 13.8 Å². The van der Waals surface area contributed by atoms with Gasteiger partial charge in [-0.3, -0.25) is 10.1 Å². The zero-order valence-electron chi connectivity index (χ0n) is 12.4. The van der Waals surface area contributed by atoms with E-state index in [1.807, 2.05) is 0 Å². The van der Waals surface area contributed by atoms with Gasteiger partial charge in [-0.05, 0) is 48.2 Å². The van der Waals surface area contributed by atoms with Crippen molar-refractivity contribution >= 4 is 27.3 Å². The summed E-state index contributed by atoms with van der Waals surface area (Å²) < 4.78 is 0.679. The molecule has 1 aromatic carbocycles. The summed E-state index contributed by atoms with van der Waals surface area (Å²) >= 11 is 3.39. The lowest BCUT2D eigenvalue weighted by atomic mass is 9.90. The average Bonchev–Trinajstić information content (AvgIpc) is 2.32. The van der Waals surface area contributed by atoms with Crippen LogP contribution < -0.4 is 11.1 Å². The number of rotatable bonds is 6. The van der Waals surface area contributed by atoms with Crippen LogP contribution in [0.25, 0.3) is 0 Å². The molecule has 0 aliphatic heterocycles. The predicted molar refractivity (Wildman–Crippen MR) is 86.1 cm³/mol. The summed E-state index contributed by atoms with van der Waals surface area (Å²) in [6, 6.07) is 3.32. The smallest absolute Gasteiger partial charge is 0.273 e. The highest BCUT2D eigenvalue weighted by Crippen LogP contribution is 2.33. The first-order valence-corrected chi connectivity index (χ1v) is 7.40. The van der Waals surface area contributed by atoms with Crippen LogP contribution in [0.3, 0.4) is 0 Å². The van der Waals surface area contributed by atoms with Gasteiger partial charge in [0, 0.05) is 33.9 Å². The van der Waals surface area contributed by atoms with Gasteiger partial charge in [0.25, 0.3) is 5.69 Å². The Bertz CT molecular complexity index is 505. The van der Waals surface area contributed by atoms with Crippen LogP contribution >= 0.6 is 15.9 Å². The van der Waals surface area contributed by atoms with Crippen molar-refractivity contribution in [2.45, 2.75) is 39.7 Å². The zero-order chi connectivity index (χ0) is 15.5. The lowest BCUT2D eigenvalue weighted by Crippen LogP contribution is -2.43. The monoisotopic (exact) mass is 343 g/mol. The summed E-state index contributed by atoms with van der Waals surface area (Å²) in [6.45, 7) is 8.58. The number of halogens is 1. The molecule has 1 rings (SSSR count). The number of anilines is 1. The molecule has 0 saturated carbocycles. The SMILES string of the molecule is Cc1cc(NC(C)(CN)CC(C)C)c(Br)cc1[N+](=O)[O-]. The summed E-state index contributed by atoms with van der Waals surface area (Å²) in [5.41, 5.74) is 7.22. The molecule has 0 heterocycles. The van der Waals surface area contributed by atoms with Crippen LogP contribution in [0.15, 0.2) is 16.6 Å². The van der Waals surface area contributed by atoms with E-state index in [9.17, 15) is 10.1 Å². The van der Waals surface area contributed by atoms with Gasteiger partial charge in [0.05, 0.1) is 4.92 Å². The van der Waals surface area contributed by atoms with Gasteiger partial charge in [-0.25, -0.2) is 0 Å². The molecular formula is C14H22BrN3O2. The minimum atomic E-state index is -0.375. The van der Waals surface area contributed by atoms with Crippen molar-refractivity contribution in [2.75, 3.05) is 11.9 Å². The highest BCUT2D eigenvalue weighted by atomic mass is 79.9. The van der Waals surface area contributed by atoms with Crippen LogP contribution in [0.2, 0.25) is 0 Å². The second-order valence-corrected chi connectivity index (χ2v) is 6.72. The molecule has 1 unspecified atom stereocenters. The number of nitro groups is 1. The van der Waals surface area contributed by atoms with Crippen LogP contribution in [0.5, 0.6) is 0 Å². The summed E-state index contributed by atoms with van der Waals surface area (Å²) in [5.74, 6) is 0.508. The molecule has 0 aromatic heterocycles. The number of nitrogens with two attached hydrogens (primary N) is 1. The summed E-state index contributed by atoms with van der Waals surface area (Å²) in [6.07, 6.45) is 0.923. The maximum atomic E-state index is 10.9. The van der Waals surface area contributed by atoms with Crippen molar-refractivity contribution < 1.29 is 4.92 Å². The normalized spacial score (nSPS) is 14.2. The second-order valence-electron chi connectivity index (χ2n) is 5.86. The number of nitro benzene ring substituents is 1. The average molecular weight is 344 g/mol. The molecular weight excluding hydrogens is 322 g/mol. The molecule has 3 N–H and O–H groups in total. The fraction of sp³-hybridized carbons (Fsp3) is 0.571. The second kappa shape index (κ2) is 6.54. The van der Waals surface area contributed by atoms with E-state index in [1.165, 1.54) is 6.07 Å². The lowest BCUT2D eigenvalue weighted by molar-refractivity contribution is -0.385. The van der Waals surface area contributed by atoms with Crippen LogP contribution in [-0.4, -0.2) is 17.0 Å². The molecule has 0 aliphatic rings. The maximum Gasteiger partial charge on any atom is 0.273 e. The Morgan fingerprint density at radius 3 is 2.55 bits per heavy atom. The van der Waals surface area contributed by atoms with Crippen molar-refractivity contribution in [2.24, 2.45) is 11.7 Å². The van der Waals surface area contributed by atoms with Crippen LogP contribution in [-0.2, 0) is 0 Å². The van der Waals surface area contributed by atoms with Crippen molar-refractivity contribution in [1.82, 2.24) is 0 Å². The van der Waals surface area contributed by atoms with Crippen LogP contribution in [0.1, 0.15) is 32.8 Å². The van der Waals surface area contributed by atoms with E-state index in [0.29, 0.717) is 22.5 Å². The Morgan fingerprint density at radius 1 is 1.50 bits per heavy atom. The molecule has 0 spiro atoms. The molecule has 0 radical (unpaired) electrons. The summed E-state index contributed by atoms with van der Waals surface area (Å²) in [7, 11) is 0. The minimum absolute atomic E-state index is 0.112. The van der Waals surface area contributed by atoms with E-state index >= 15 is 0 Å². The van der Waals surface area contributed by atoms with Gasteiger partial charge in [0.2, 0.25) is 0 Å². The summed E-state index contributed by atoms with van der Waals surface area (Å²) in [5, 5.41) is 14.3. The third-order valence-electron chi connectivity index (χ3n) is 3.23. The number of aryl methyl sites for hydroxylation is 1. The highest BCUT2D eigenvalue weighted by Gasteiger charge is 2.25. The van der Waals surface area contributed by atoms with E-state index in [2.05, 4.69) is 42.0 Å². The van der Waals surface area contributed by atoms with Crippen LogP contribution in [0.4, 0.5) is 11.4 Å². The van der Waals surface area contributed by atoms with Gasteiger partial charge < -0.3 is 11.1 Å². The minimum Gasteiger partial charge on any atom is -0.378 e. The van der Waals surface area contributed by atoms with Gasteiger partial charge in [-0.15, -0.1) is 0 Å². The van der Waals surface area contributed by atoms with Crippen molar-refractivity contribution in [3.8, 4) is 0 Å². The van der Waals surface area contributed by atoms with E-state index in [1.54, 1.807) is 13.0 Å². The zero-order valence-corrected chi connectivity index (χ0v) is 14.0. The van der Waals surface area contributed by atoms with E-state index in [0.717, 1.165) is 12.1 Å². The lowest BCUT2D eigenvalue weighted by Gasteiger charge is -2.33. The molecule has 0 bridgehead atoms. The molecule has 112 valence electrons. The first-order valence-electron chi connectivity index (χ1n) is 6.61. The van der Waals surface area contributed by atoms with E-state index in [4.69, 9.17) is 5.73 Å². The standard InChI is InChI=1S/C14H22BrN3O2/c1-9(2)7-14(4,8-16)17-12-5-10(3)13(18(19)20)6-11(12)15/h5-6,9,17H,7-8,16H2,1-4H3. The summed E-state index contributed by atoms with van der Waals surface area (Å²) in [4.78, 5) is 10.5. The third-order valence-corrected chi connectivity index (χ3v) is 3.88. The highest BCUT2D eigenvalue weighted by molar-refractivity contribution is 9.10. The first-order chi connectivity index (χ1) is 9.18. The van der Waals surface area contributed by atoms with E-state index in [-0.39, 0.29) is 16.1 Å². The number of hydrogen-bond acceptors (Lipinski definition) is 4. The Kier molecular flexibility index (Phi) is 5.53. The van der Waals surface area contributed by atoms with Gasteiger partial charge in [0.1, 0.15) is 0 Å². The first kappa shape index (κ1) is 16.9. The quantitative estimate of drug-likeness (QED) is 0.607. The van der Waals surface area contributed by atoms with Crippen LogP contribution in [0, 0.1) is 23.0 Å². The number of nitrogens with zero attached hydrogens (tertiary/aromatic N) is 1. The molecule has 1 aromatic rings. The van der Waals surface area contributed by atoms with Crippen molar-refractivity contribution in [1.29, 1.82) is 0 Å². The molecule has 1 atom stereocenters. The molecule has 5 nitrogen and oxygen atoms in total. The van der Waals surface area contributed by atoms with Gasteiger partial charge in [0.15, 0.2) is 0 Å². The van der Waals surface area contributed by atoms with Gasteiger partial charge >= 0.3 is 0 Å². The number of nitrogens with one attached hydrogen (secondary N) is 1. The predicted octanol–water partition coefficient (Wildman–Crippen LogP) is 3.84. The molecule has 0 aliphatic carbocycles. The fourth-order valence-corrected chi connectivity index (χ4v) is 2.81. The van der Waals surface area contributed by atoms with Gasteiger partial charge in [-0.2, -0.15) is 0 Å². The Balaban J connectivity index is 3.09. The molecule has 0 fully saturated rings. The van der Waals surface area contributed by atoms with Crippen molar-refractivity contribution in [3.63, 3.8) is 0 Å².